The Balaban J connectivity index is 1.33. The fourth-order valence-electron chi connectivity index (χ4n) is 5.63. The van der Waals surface area contributed by atoms with Gasteiger partial charge in [-0.15, -0.1) is 5.10 Å². The number of nitrogens with zero attached hydrogens (tertiary/aromatic N) is 5. The van der Waals surface area contributed by atoms with Crippen molar-refractivity contribution in [3.8, 4) is 27.2 Å². The molecule has 2 saturated heterocycles. The Morgan fingerprint density at radius 1 is 1.19 bits per heavy atom. The van der Waals surface area contributed by atoms with Crippen LogP contribution in [-0.2, 0) is 0 Å². The summed E-state index contributed by atoms with van der Waals surface area (Å²) in [5, 5.41) is 24.8. The molecule has 1 N–H and O–H groups in total. The largest absolute Gasteiger partial charge is 0.507 e. The van der Waals surface area contributed by atoms with E-state index < -0.39 is 0 Å². The predicted molar refractivity (Wildman–Crippen MR) is 125 cm³/mol. The van der Waals surface area contributed by atoms with E-state index in [1.165, 1.54) is 17.8 Å². The lowest BCUT2D eigenvalue weighted by molar-refractivity contribution is -0.106. The number of rotatable bonds is 4. The molecule has 0 spiro atoms. The van der Waals surface area contributed by atoms with Crippen molar-refractivity contribution in [1.82, 2.24) is 24.9 Å². The zero-order chi connectivity index (χ0) is 22.6. The summed E-state index contributed by atoms with van der Waals surface area (Å²) < 4.78 is 8.11. The Hall–Kier alpha value is -2.45. The third-order valence-corrected chi connectivity index (χ3v) is 8.61. The molecule has 0 saturated carbocycles. The third-order valence-electron chi connectivity index (χ3n) is 7.76. The lowest BCUT2D eigenvalue weighted by Gasteiger charge is -2.59. The zero-order valence-corrected chi connectivity index (χ0v) is 20.1. The number of aryl methyl sites for hydroxylation is 1. The van der Waals surface area contributed by atoms with Gasteiger partial charge in [0.1, 0.15) is 11.9 Å². The lowest BCUT2D eigenvalue weighted by atomic mass is 9.65. The van der Waals surface area contributed by atoms with Crippen LogP contribution in [0.15, 0.2) is 30.5 Å². The second-order valence-electron chi connectivity index (χ2n) is 9.81. The molecule has 2 aliphatic rings. The molecular formula is C24H31N5O2S. The van der Waals surface area contributed by atoms with Crippen LogP contribution in [0, 0.1) is 18.8 Å². The molecule has 5 rings (SSSR count). The van der Waals surface area contributed by atoms with Crippen molar-refractivity contribution in [2.24, 2.45) is 11.8 Å². The molecular weight excluding hydrogens is 422 g/mol. The fourth-order valence-corrected chi connectivity index (χ4v) is 6.42. The van der Waals surface area contributed by atoms with Crippen LogP contribution in [0.5, 0.6) is 10.9 Å². The van der Waals surface area contributed by atoms with Crippen LogP contribution >= 0.6 is 11.3 Å². The van der Waals surface area contributed by atoms with E-state index in [1.807, 2.05) is 31.3 Å². The molecule has 2 fully saturated rings. The van der Waals surface area contributed by atoms with E-state index in [-0.39, 0.29) is 17.4 Å². The monoisotopic (exact) mass is 453 g/mol. The Bertz CT molecular complexity index is 1130. The Morgan fingerprint density at radius 2 is 2.00 bits per heavy atom. The van der Waals surface area contributed by atoms with Crippen molar-refractivity contribution in [1.29, 1.82) is 0 Å². The van der Waals surface area contributed by atoms with Crippen LogP contribution < -0.4 is 4.74 Å². The third kappa shape index (κ3) is 3.59. The van der Waals surface area contributed by atoms with Crippen molar-refractivity contribution in [2.75, 3.05) is 7.05 Å². The van der Waals surface area contributed by atoms with Crippen LogP contribution in [0.1, 0.15) is 45.7 Å². The maximum absolute atomic E-state index is 10.6. The summed E-state index contributed by atoms with van der Waals surface area (Å²) in [4.78, 5) is 2.58. The molecule has 32 heavy (non-hydrogen) atoms. The van der Waals surface area contributed by atoms with Crippen molar-refractivity contribution in [2.45, 2.75) is 64.6 Å². The van der Waals surface area contributed by atoms with Crippen LogP contribution in [0.4, 0.5) is 0 Å². The Labute approximate surface area is 193 Å². The van der Waals surface area contributed by atoms with Crippen LogP contribution in [0.25, 0.3) is 16.3 Å². The van der Waals surface area contributed by atoms with Gasteiger partial charge in [-0.2, -0.15) is 5.10 Å². The van der Waals surface area contributed by atoms with Crippen molar-refractivity contribution >= 4 is 11.3 Å². The first-order valence-corrected chi connectivity index (χ1v) is 12.2. The summed E-state index contributed by atoms with van der Waals surface area (Å²) in [6.45, 7) is 9.04. The number of benzene rings is 1. The fraction of sp³-hybridized carbons (Fsp3) is 0.542. The van der Waals surface area contributed by atoms with Gasteiger partial charge in [0.05, 0.1) is 16.9 Å². The van der Waals surface area contributed by atoms with Crippen molar-refractivity contribution in [3.63, 3.8) is 0 Å². The zero-order valence-electron chi connectivity index (χ0n) is 19.3. The molecule has 0 amide bonds. The molecule has 3 aromatic rings. The average molecular weight is 454 g/mol. The van der Waals surface area contributed by atoms with E-state index in [0.29, 0.717) is 33.6 Å². The van der Waals surface area contributed by atoms with E-state index in [9.17, 15) is 5.11 Å². The van der Waals surface area contributed by atoms with E-state index in [4.69, 9.17) is 4.74 Å². The van der Waals surface area contributed by atoms with Gasteiger partial charge in [0.2, 0.25) is 0 Å². The second-order valence-corrected chi connectivity index (χ2v) is 10.7. The highest BCUT2D eigenvalue weighted by molar-refractivity contribution is 7.16. The molecule has 2 aliphatic heterocycles. The Morgan fingerprint density at radius 3 is 2.72 bits per heavy atom. The summed E-state index contributed by atoms with van der Waals surface area (Å²) in [5.41, 5.74) is 2.52. The molecule has 5 unspecified atom stereocenters. The molecule has 1 aromatic carbocycles. The summed E-state index contributed by atoms with van der Waals surface area (Å²) in [6.07, 6.45) is 5.28. The number of ether oxygens (including phenoxy) is 1. The van der Waals surface area contributed by atoms with Gasteiger partial charge < -0.3 is 9.84 Å². The molecule has 5 atom stereocenters. The highest BCUT2D eigenvalue weighted by Crippen LogP contribution is 2.47. The summed E-state index contributed by atoms with van der Waals surface area (Å²) in [7, 11) is 2.27. The quantitative estimate of drug-likeness (QED) is 0.618. The minimum Gasteiger partial charge on any atom is -0.507 e. The highest BCUT2D eigenvalue weighted by Gasteiger charge is 2.51. The standard InChI is InChI=1S/C24H31N5O2S/c1-14-10-15(2)24(4)13-18(12-20(14)28(24)5)31-23-26-25-22(32-23)19-7-6-17(11-21(19)30)29-9-8-16(3)27-29/h6-9,11,14-15,18,20,30H,10,12-13H2,1-5H3. The molecule has 2 aromatic heterocycles. The van der Waals surface area contributed by atoms with E-state index in [0.717, 1.165) is 24.2 Å². The molecule has 2 bridgehead atoms. The number of phenolic OH excluding ortho intramolecular Hbond substituents is 1. The van der Waals surface area contributed by atoms with Gasteiger partial charge in [-0.05, 0) is 57.4 Å². The maximum atomic E-state index is 10.6. The number of fused-ring (bicyclic) bond motifs is 2. The molecule has 0 aliphatic carbocycles. The van der Waals surface area contributed by atoms with Crippen LogP contribution in [0.2, 0.25) is 0 Å². The second kappa shape index (κ2) is 7.85. The SMILES string of the molecule is Cc1ccn(-c2ccc(-c3nnc(OC4CC5C(C)CC(C)C(C)(C4)N5C)s3)c(O)c2)n1. The minimum absolute atomic E-state index is 0.131. The molecule has 7 nitrogen and oxygen atoms in total. The Kier molecular flexibility index (Phi) is 5.25. The lowest BCUT2D eigenvalue weighted by Crippen LogP contribution is -2.65. The normalized spacial score (nSPS) is 30.4. The average Bonchev–Trinajstić information content (AvgIpc) is 3.38. The van der Waals surface area contributed by atoms with Gasteiger partial charge in [-0.3, -0.25) is 4.90 Å². The number of aromatic hydroxyl groups is 1. The predicted octanol–water partition coefficient (Wildman–Crippen LogP) is 4.68. The molecule has 0 radical (unpaired) electrons. The van der Waals surface area contributed by atoms with Gasteiger partial charge >= 0.3 is 0 Å². The number of hydrogen-bond acceptors (Lipinski definition) is 7. The van der Waals surface area contributed by atoms with E-state index in [1.54, 1.807) is 10.7 Å². The van der Waals surface area contributed by atoms with Gasteiger partial charge in [-0.25, -0.2) is 4.68 Å². The van der Waals surface area contributed by atoms with Gasteiger partial charge in [0.25, 0.3) is 5.19 Å². The van der Waals surface area contributed by atoms with Crippen LogP contribution in [0.3, 0.4) is 0 Å². The highest BCUT2D eigenvalue weighted by atomic mass is 32.1. The first-order valence-electron chi connectivity index (χ1n) is 11.3. The van der Waals surface area contributed by atoms with Gasteiger partial charge in [0, 0.05) is 36.7 Å². The van der Waals surface area contributed by atoms with Crippen molar-refractivity contribution in [3.05, 3.63) is 36.2 Å². The van der Waals surface area contributed by atoms with E-state index in [2.05, 4.69) is 48.0 Å². The molecule has 8 heteroatoms. The molecule has 170 valence electrons. The van der Waals surface area contributed by atoms with Gasteiger partial charge in [0.15, 0.2) is 5.01 Å². The summed E-state index contributed by atoms with van der Waals surface area (Å²) in [5.74, 6) is 1.44. The number of phenols is 1. The summed E-state index contributed by atoms with van der Waals surface area (Å²) in [6, 6.07) is 7.94. The molecule has 4 heterocycles. The number of piperidine rings is 2. The van der Waals surface area contributed by atoms with Crippen LogP contribution in [-0.4, -0.2) is 54.7 Å². The first-order chi connectivity index (χ1) is 15.2. The topological polar surface area (TPSA) is 76.3 Å². The number of aromatic nitrogens is 4. The number of hydrogen-bond donors (Lipinski definition) is 1. The van der Waals surface area contributed by atoms with Crippen molar-refractivity contribution < 1.29 is 9.84 Å². The first kappa shape index (κ1) is 21.4. The smallest absolute Gasteiger partial charge is 0.294 e. The maximum Gasteiger partial charge on any atom is 0.294 e. The minimum atomic E-state index is 0.131. The van der Waals surface area contributed by atoms with E-state index >= 15 is 0 Å². The van der Waals surface area contributed by atoms with Gasteiger partial charge in [-0.1, -0.05) is 30.3 Å². The summed E-state index contributed by atoms with van der Waals surface area (Å²) >= 11 is 1.39.